The van der Waals surface area contributed by atoms with Gasteiger partial charge in [0.1, 0.15) is 5.75 Å². The van der Waals surface area contributed by atoms with Crippen LogP contribution in [0.25, 0.3) is 0 Å². The van der Waals surface area contributed by atoms with E-state index in [2.05, 4.69) is 5.43 Å². The first-order valence-corrected chi connectivity index (χ1v) is 19.1. The van der Waals surface area contributed by atoms with Crippen molar-refractivity contribution in [1.82, 2.24) is 5.01 Å². The number of benzene rings is 4. The van der Waals surface area contributed by atoms with Crippen molar-refractivity contribution in [1.29, 1.82) is 0 Å². The van der Waals surface area contributed by atoms with Crippen molar-refractivity contribution in [2.75, 3.05) is 31.7 Å². The summed E-state index contributed by atoms with van der Waals surface area (Å²) < 4.78 is 16.7. The van der Waals surface area contributed by atoms with Gasteiger partial charge in [0, 0.05) is 10.9 Å². The highest BCUT2D eigenvalue weighted by Gasteiger charge is 2.70. The van der Waals surface area contributed by atoms with Crippen LogP contribution in [-0.4, -0.2) is 55.1 Å². The number of hydrogen-bond donors (Lipinski definition) is 2. The summed E-state index contributed by atoms with van der Waals surface area (Å²) in [5, 5.41) is 12.6. The minimum atomic E-state index is -1.61. The number of nitrogens with zero attached hydrogens (tertiary/aromatic N) is 2. The van der Waals surface area contributed by atoms with Gasteiger partial charge in [0.2, 0.25) is 17.6 Å². The maximum Gasteiger partial charge on any atom is 0.260 e. The number of hydrogen-bond acceptors (Lipinski definition) is 9. The van der Waals surface area contributed by atoms with Gasteiger partial charge in [0.15, 0.2) is 11.5 Å². The number of imide groups is 2. The Balaban J connectivity index is 1.35. The van der Waals surface area contributed by atoms with Gasteiger partial charge in [0.05, 0.1) is 60.9 Å². The van der Waals surface area contributed by atoms with Gasteiger partial charge in [-0.3, -0.25) is 29.5 Å². The van der Waals surface area contributed by atoms with Crippen molar-refractivity contribution < 1.29 is 38.5 Å². The Morgan fingerprint density at radius 1 is 0.821 bits per heavy atom. The van der Waals surface area contributed by atoms with E-state index in [-0.39, 0.29) is 52.6 Å². The highest BCUT2D eigenvalue weighted by atomic mass is 35.5. The third-order valence-corrected chi connectivity index (χ3v) is 12.6. The highest BCUT2D eigenvalue weighted by molar-refractivity contribution is 6.36. The molecule has 0 bridgehead atoms. The van der Waals surface area contributed by atoms with Crippen LogP contribution < -0.4 is 24.5 Å². The molecule has 8 rings (SSSR count). The number of allylic oxidation sites excluding steroid dienone is 2. The fourth-order valence-corrected chi connectivity index (χ4v) is 9.88. The molecule has 11 nitrogen and oxygen atoms in total. The standard InChI is InChI=1S/C43H39Cl2N3O8/c1-5-22-6-11-26(12-7-22)47-39(50)29-16-15-28-30(36(29)41(47)52)21-31-40(51)48(46-33-17-10-25(44)20-32(33)45)42(53)43(31,24-8-13-27(54-2)14-9-24)37(28)23-18-34(55-3)38(49)35(19-23)56-4/h6-15,17-20,29-31,36-37,46,49H,5,16,21H2,1-4H3. The minimum absolute atomic E-state index is 0.0839. The first-order chi connectivity index (χ1) is 27.0. The first kappa shape index (κ1) is 37.4. The van der Waals surface area contributed by atoms with Crippen molar-refractivity contribution in [2.24, 2.45) is 23.7 Å². The lowest BCUT2D eigenvalue weighted by Crippen LogP contribution is -2.53. The SMILES string of the molecule is CCc1ccc(N2C(=O)C3CC=C4C(CC5C(=O)N(Nc6ccc(Cl)cc6Cl)C(=O)C5(c5ccc(OC)cc5)C4c4cc(OC)c(O)c(OC)c4)C3C2=O)cc1. The highest BCUT2D eigenvalue weighted by Crippen LogP contribution is 2.65. The number of nitrogens with one attached hydrogen (secondary N) is 1. The summed E-state index contributed by atoms with van der Waals surface area (Å²) in [5.74, 6) is -5.32. The van der Waals surface area contributed by atoms with Crippen LogP contribution in [0.15, 0.2) is 90.5 Å². The summed E-state index contributed by atoms with van der Waals surface area (Å²) in [7, 11) is 4.35. The van der Waals surface area contributed by atoms with Crippen LogP contribution in [0.5, 0.6) is 23.0 Å². The predicted octanol–water partition coefficient (Wildman–Crippen LogP) is 7.48. The van der Waals surface area contributed by atoms with Crippen LogP contribution in [0.1, 0.15) is 42.4 Å². The monoisotopic (exact) mass is 795 g/mol. The van der Waals surface area contributed by atoms with Crippen molar-refractivity contribution in [3.63, 3.8) is 0 Å². The Bertz CT molecular complexity index is 2290. The van der Waals surface area contributed by atoms with Crippen molar-refractivity contribution in [3.05, 3.63) is 117 Å². The molecule has 0 spiro atoms. The number of carbonyl (C=O) groups is 4. The molecule has 2 N–H and O–H groups in total. The molecular formula is C43H39Cl2N3O8. The van der Waals surface area contributed by atoms with Crippen LogP contribution in [-0.2, 0) is 31.0 Å². The fraction of sp³-hybridized carbons (Fsp3) is 0.302. The second-order valence-corrected chi connectivity index (χ2v) is 15.4. The molecule has 4 aromatic carbocycles. The van der Waals surface area contributed by atoms with E-state index in [1.165, 1.54) is 32.3 Å². The lowest BCUT2D eigenvalue weighted by atomic mass is 9.49. The van der Waals surface area contributed by atoms with E-state index in [4.69, 9.17) is 37.4 Å². The molecule has 2 saturated heterocycles. The molecule has 13 heteroatoms. The van der Waals surface area contributed by atoms with Gasteiger partial charge < -0.3 is 19.3 Å². The topological polar surface area (TPSA) is 135 Å². The molecule has 1 saturated carbocycles. The smallest absolute Gasteiger partial charge is 0.260 e. The average Bonchev–Trinajstić information content (AvgIpc) is 3.59. The quantitative estimate of drug-likeness (QED) is 0.131. The number of ether oxygens (including phenoxy) is 3. The van der Waals surface area contributed by atoms with Gasteiger partial charge in [-0.2, -0.15) is 5.01 Å². The number of aryl methyl sites for hydroxylation is 1. The summed E-state index contributed by atoms with van der Waals surface area (Å²) >= 11 is 12.8. The van der Waals surface area contributed by atoms with Crippen LogP contribution in [0.4, 0.5) is 11.4 Å². The molecule has 0 radical (unpaired) electrons. The minimum Gasteiger partial charge on any atom is -0.502 e. The second-order valence-electron chi connectivity index (χ2n) is 14.5. The number of amides is 4. The van der Waals surface area contributed by atoms with E-state index in [9.17, 15) is 14.7 Å². The van der Waals surface area contributed by atoms with Crippen molar-refractivity contribution >= 4 is 58.2 Å². The van der Waals surface area contributed by atoms with Gasteiger partial charge in [0.25, 0.3) is 11.8 Å². The molecule has 0 aromatic heterocycles. The van der Waals surface area contributed by atoms with E-state index < -0.39 is 46.8 Å². The van der Waals surface area contributed by atoms with Crippen molar-refractivity contribution in [3.8, 4) is 23.0 Å². The normalized spacial score (nSPS) is 25.4. The van der Waals surface area contributed by atoms with Crippen LogP contribution >= 0.6 is 23.2 Å². The average molecular weight is 797 g/mol. The maximum absolute atomic E-state index is 15.6. The van der Waals surface area contributed by atoms with Crippen LogP contribution in [0, 0.1) is 23.7 Å². The Hall–Kier alpha value is -5.52. The molecular weight excluding hydrogens is 757 g/mol. The summed E-state index contributed by atoms with van der Waals surface area (Å²) in [5.41, 5.74) is 4.98. The molecule has 4 amide bonds. The molecule has 6 unspecified atom stereocenters. The number of methoxy groups -OCH3 is 3. The number of halogens is 2. The largest absolute Gasteiger partial charge is 0.502 e. The molecule has 4 aromatic rings. The summed E-state index contributed by atoms with van der Waals surface area (Å²) in [4.78, 5) is 60.7. The van der Waals surface area contributed by atoms with Crippen LogP contribution in [0.3, 0.4) is 0 Å². The first-order valence-electron chi connectivity index (χ1n) is 18.3. The molecule has 2 aliphatic heterocycles. The summed E-state index contributed by atoms with van der Waals surface area (Å²) in [6.45, 7) is 2.03. The number of phenols is 1. The number of rotatable bonds is 9. The number of aromatic hydroxyl groups is 1. The second kappa shape index (κ2) is 14.2. The van der Waals surface area contributed by atoms with Gasteiger partial charge >= 0.3 is 0 Å². The summed E-state index contributed by atoms with van der Waals surface area (Å²) in [6.07, 6.45) is 3.09. The number of hydrazine groups is 1. The van der Waals surface area contributed by atoms with E-state index in [1.54, 1.807) is 60.7 Å². The number of fused-ring (bicyclic) bond motifs is 4. The van der Waals surface area contributed by atoms with Crippen molar-refractivity contribution in [2.45, 2.75) is 37.5 Å². The van der Waals surface area contributed by atoms with Crippen LogP contribution in [0.2, 0.25) is 10.0 Å². The molecule has 6 atom stereocenters. The lowest BCUT2D eigenvalue weighted by molar-refractivity contribution is -0.138. The third-order valence-electron chi connectivity index (χ3n) is 12.0. The number of anilines is 2. The number of phenolic OH excluding ortho intramolecular Hbond substituents is 1. The third kappa shape index (κ3) is 5.54. The van der Waals surface area contributed by atoms with E-state index in [0.29, 0.717) is 27.6 Å². The maximum atomic E-state index is 15.6. The lowest BCUT2D eigenvalue weighted by Gasteiger charge is -2.50. The molecule has 2 heterocycles. The zero-order valence-corrected chi connectivity index (χ0v) is 32.6. The zero-order chi connectivity index (χ0) is 39.6. The van der Waals surface area contributed by atoms with Gasteiger partial charge in [-0.05, 0) is 96.5 Å². The molecule has 2 aliphatic carbocycles. The molecule has 288 valence electrons. The Kier molecular flexibility index (Phi) is 9.49. The van der Waals surface area contributed by atoms with E-state index in [1.807, 2.05) is 25.1 Å². The molecule has 56 heavy (non-hydrogen) atoms. The fourth-order valence-electron chi connectivity index (χ4n) is 9.43. The molecule has 3 fully saturated rings. The summed E-state index contributed by atoms with van der Waals surface area (Å²) in [6, 6.07) is 22.4. The Labute approximate surface area is 333 Å². The predicted molar refractivity (Wildman–Crippen MR) is 210 cm³/mol. The molecule has 4 aliphatic rings. The zero-order valence-electron chi connectivity index (χ0n) is 31.0. The Morgan fingerprint density at radius 2 is 1.50 bits per heavy atom. The van der Waals surface area contributed by atoms with E-state index in [0.717, 1.165) is 22.6 Å². The van der Waals surface area contributed by atoms with Gasteiger partial charge in [-0.25, -0.2) is 0 Å². The number of carbonyl (C=O) groups excluding carboxylic acids is 4. The van der Waals surface area contributed by atoms with Gasteiger partial charge in [-0.1, -0.05) is 66.0 Å². The van der Waals surface area contributed by atoms with Gasteiger partial charge in [-0.15, -0.1) is 0 Å². The van der Waals surface area contributed by atoms with E-state index >= 15 is 9.59 Å². The Morgan fingerprint density at radius 3 is 2.11 bits per heavy atom.